The predicted octanol–water partition coefficient (Wildman–Crippen LogP) is 3.11. The first-order chi connectivity index (χ1) is 17.8. The highest BCUT2D eigenvalue weighted by molar-refractivity contribution is 5.95. The molecule has 1 heterocycles. The fourth-order valence-electron chi connectivity index (χ4n) is 4.19. The van der Waals surface area contributed by atoms with Crippen molar-refractivity contribution in [1.82, 2.24) is 15.5 Å². The number of non-ortho nitro benzene ring substituents is 2. The van der Waals surface area contributed by atoms with Gasteiger partial charge < -0.3 is 10.6 Å². The van der Waals surface area contributed by atoms with Crippen LogP contribution in [0.3, 0.4) is 0 Å². The molecule has 0 fully saturated rings. The largest absolute Gasteiger partial charge is 0.351 e. The minimum absolute atomic E-state index is 0.0342. The summed E-state index contributed by atoms with van der Waals surface area (Å²) in [6, 6.07) is 18.4. The molecular weight excluding hydrogens is 478 g/mol. The molecule has 1 aliphatic rings. The van der Waals surface area contributed by atoms with E-state index in [-0.39, 0.29) is 18.0 Å². The lowest BCUT2D eigenvalue weighted by Gasteiger charge is -2.28. The van der Waals surface area contributed by atoms with E-state index in [4.69, 9.17) is 0 Å². The maximum Gasteiger partial charge on any atom is 0.277 e. The van der Waals surface area contributed by atoms with Crippen molar-refractivity contribution in [3.63, 3.8) is 0 Å². The molecule has 2 amide bonds. The second kappa shape index (κ2) is 11.4. The van der Waals surface area contributed by atoms with Crippen LogP contribution in [-0.2, 0) is 30.8 Å². The normalized spacial score (nSPS) is 12.9. The van der Waals surface area contributed by atoms with Crippen molar-refractivity contribution < 1.29 is 19.4 Å². The second-order valence-corrected chi connectivity index (χ2v) is 8.76. The number of hydrogen-bond acceptors (Lipinski definition) is 7. The zero-order valence-corrected chi connectivity index (χ0v) is 19.9. The van der Waals surface area contributed by atoms with E-state index in [0.29, 0.717) is 19.6 Å². The van der Waals surface area contributed by atoms with E-state index in [1.54, 1.807) is 0 Å². The highest BCUT2D eigenvalue weighted by Crippen LogP contribution is 2.23. The van der Waals surface area contributed by atoms with Crippen molar-refractivity contribution >= 4 is 23.2 Å². The van der Waals surface area contributed by atoms with Gasteiger partial charge in [0.15, 0.2) is 0 Å². The number of carbonyl (C=O) groups excluding carboxylic acids is 2. The molecule has 0 unspecified atom stereocenters. The molecule has 0 aliphatic carbocycles. The van der Waals surface area contributed by atoms with Crippen molar-refractivity contribution in [2.75, 3.05) is 13.1 Å². The van der Waals surface area contributed by atoms with Crippen LogP contribution in [0.1, 0.15) is 32.6 Å². The Morgan fingerprint density at radius 3 is 2.16 bits per heavy atom. The van der Waals surface area contributed by atoms with Crippen LogP contribution in [0.15, 0.2) is 66.7 Å². The maximum absolute atomic E-state index is 12.5. The van der Waals surface area contributed by atoms with Crippen LogP contribution in [0.4, 0.5) is 11.4 Å². The lowest BCUT2D eigenvalue weighted by Crippen LogP contribution is -2.39. The number of rotatable bonds is 9. The van der Waals surface area contributed by atoms with E-state index < -0.39 is 27.1 Å². The maximum atomic E-state index is 12.5. The van der Waals surface area contributed by atoms with Crippen molar-refractivity contribution in [3.8, 4) is 0 Å². The fraction of sp³-hybridized carbons (Fsp3) is 0.231. The molecule has 11 heteroatoms. The van der Waals surface area contributed by atoms with Crippen LogP contribution in [0.25, 0.3) is 0 Å². The molecule has 37 heavy (non-hydrogen) atoms. The molecule has 3 aromatic carbocycles. The summed E-state index contributed by atoms with van der Waals surface area (Å²) in [6.07, 6.45) is 0.750. The van der Waals surface area contributed by atoms with Gasteiger partial charge >= 0.3 is 0 Å². The SMILES string of the molecule is O=C(CN1CCc2cc(CNC(=O)c3cc([N+](=O)[O-])cc([N+](=O)[O-])c3)ccc2C1)NCc1ccccc1. The number of nitro benzene ring substituents is 2. The average molecular weight is 504 g/mol. The molecule has 11 nitrogen and oxygen atoms in total. The summed E-state index contributed by atoms with van der Waals surface area (Å²) in [6.45, 7) is 2.31. The molecule has 0 saturated carbocycles. The lowest BCUT2D eigenvalue weighted by molar-refractivity contribution is -0.394. The molecule has 1 aliphatic heterocycles. The first kappa shape index (κ1) is 25.5. The van der Waals surface area contributed by atoms with Crippen molar-refractivity contribution in [2.45, 2.75) is 26.1 Å². The summed E-state index contributed by atoms with van der Waals surface area (Å²) < 4.78 is 0. The van der Waals surface area contributed by atoms with Gasteiger partial charge in [0, 0.05) is 38.3 Å². The smallest absolute Gasteiger partial charge is 0.277 e. The minimum Gasteiger partial charge on any atom is -0.351 e. The third kappa shape index (κ3) is 6.73. The Morgan fingerprint density at radius 1 is 0.811 bits per heavy atom. The van der Waals surface area contributed by atoms with E-state index in [0.717, 1.165) is 53.4 Å². The van der Waals surface area contributed by atoms with Gasteiger partial charge in [0.2, 0.25) is 5.91 Å². The summed E-state index contributed by atoms with van der Waals surface area (Å²) in [5.74, 6) is -0.676. The standard InChI is InChI=1S/C26H25N5O6/c32-25(27-14-18-4-2-1-3-5-18)17-29-9-8-20-10-19(6-7-21(20)16-29)15-28-26(33)22-11-23(30(34)35)13-24(12-22)31(36)37/h1-7,10-13H,8-9,14-17H2,(H,27,32)(H,28,33). The predicted molar refractivity (Wildman–Crippen MR) is 135 cm³/mol. The summed E-state index contributed by atoms with van der Waals surface area (Å²) in [4.78, 5) is 47.6. The van der Waals surface area contributed by atoms with E-state index in [1.165, 1.54) is 0 Å². The van der Waals surface area contributed by atoms with Gasteiger partial charge in [-0.2, -0.15) is 0 Å². The molecular formula is C26H25N5O6. The summed E-state index contributed by atoms with van der Waals surface area (Å²) in [5, 5.41) is 27.7. The van der Waals surface area contributed by atoms with Gasteiger partial charge in [-0.15, -0.1) is 0 Å². The first-order valence-electron chi connectivity index (χ1n) is 11.6. The molecule has 0 aromatic heterocycles. The molecule has 0 saturated heterocycles. The lowest BCUT2D eigenvalue weighted by atomic mass is 9.97. The number of carbonyl (C=O) groups is 2. The topological polar surface area (TPSA) is 148 Å². The van der Waals surface area contributed by atoms with Crippen LogP contribution >= 0.6 is 0 Å². The van der Waals surface area contributed by atoms with Crippen molar-refractivity contribution in [2.24, 2.45) is 0 Å². The van der Waals surface area contributed by atoms with E-state index in [1.807, 2.05) is 48.5 Å². The highest BCUT2D eigenvalue weighted by atomic mass is 16.6. The third-order valence-electron chi connectivity index (χ3n) is 6.10. The number of amides is 2. The van der Waals surface area contributed by atoms with Crippen molar-refractivity contribution in [1.29, 1.82) is 0 Å². The van der Waals surface area contributed by atoms with Crippen LogP contribution in [0.5, 0.6) is 0 Å². The van der Waals surface area contributed by atoms with E-state index >= 15 is 0 Å². The monoisotopic (exact) mass is 503 g/mol. The van der Waals surface area contributed by atoms with Gasteiger partial charge in [-0.05, 0) is 28.7 Å². The Labute approximate surface area is 212 Å². The highest BCUT2D eigenvalue weighted by Gasteiger charge is 2.21. The van der Waals surface area contributed by atoms with Gasteiger partial charge in [0.05, 0.1) is 28.0 Å². The summed E-state index contributed by atoms with van der Waals surface area (Å²) in [5.41, 5.74) is 2.91. The number of nitrogens with one attached hydrogen (secondary N) is 2. The van der Waals surface area contributed by atoms with E-state index in [2.05, 4.69) is 15.5 Å². The minimum atomic E-state index is -0.774. The fourth-order valence-corrected chi connectivity index (χ4v) is 4.19. The zero-order chi connectivity index (χ0) is 26.4. The Hall–Kier alpha value is -4.64. The van der Waals surface area contributed by atoms with Gasteiger partial charge in [0.1, 0.15) is 0 Å². The number of fused-ring (bicyclic) bond motifs is 1. The molecule has 0 radical (unpaired) electrons. The van der Waals surface area contributed by atoms with Gasteiger partial charge in [-0.3, -0.25) is 34.7 Å². The van der Waals surface area contributed by atoms with Gasteiger partial charge in [0.25, 0.3) is 17.3 Å². The number of hydrogen-bond donors (Lipinski definition) is 2. The summed E-state index contributed by atoms with van der Waals surface area (Å²) >= 11 is 0. The Kier molecular flexibility index (Phi) is 7.84. The Morgan fingerprint density at radius 2 is 1.49 bits per heavy atom. The second-order valence-electron chi connectivity index (χ2n) is 8.76. The number of benzene rings is 3. The molecule has 0 spiro atoms. The first-order valence-corrected chi connectivity index (χ1v) is 11.6. The third-order valence-corrected chi connectivity index (χ3v) is 6.10. The van der Waals surface area contributed by atoms with Crippen LogP contribution in [0.2, 0.25) is 0 Å². The van der Waals surface area contributed by atoms with Crippen LogP contribution in [0, 0.1) is 20.2 Å². The molecule has 0 atom stereocenters. The van der Waals surface area contributed by atoms with Gasteiger partial charge in [-0.1, -0.05) is 48.5 Å². The van der Waals surface area contributed by atoms with Crippen LogP contribution < -0.4 is 10.6 Å². The molecule has 190 valence electrons. The Bertz CT molecular complexity index is 1310. The Balaban J connectivity index is 1.32. The molecule has 0 bridgehead atoms. The van der Waals surface area contributed by atoms with Crippen molar-refractivity contribution in [3.05, 3.63) is 115 Å². The number of nitrogens with zero attached hydrogens (tertiary/aromatic N) is 3. The van der Waals surface area contributed by atoms with E-state index in [9.17, 15) is 29.8 Å². The quantitative estimate of drug-likeness (QED) is 0.337. The van der Waals surface area contributed by atoms with Gasteiger partial charge in [-0.25, -0.2) is 0 Å². The molecule has 2 N–H and O–H groups in total. The summed E-state index contributed by atoms with van der Waals surface area (Å²) in [7, 11) is 0. The molecule has 4 rings (SSSR count). The number of nitro groups is 2. The average Bonchev–Trinajstić information content (AvgIpc) is 2.90. The zero-order valence-electron chi connectivity index (χ0n) is 19.9. The molecule has 3 aromatic rings. The van der Waals surface area contributed by atoms with Crippen LogP contribution in [-0.4, -0.2) is 39.7 Å².